The summed E-state index contributed by atoms with van der Waals surface area (Å²) in [4.78, 5) is 27.8. The molecule has 0 fully saturated rings. The first-order chi connectivity index (χ1) is 12.0. The molecule has 0 aliphatic heterocycles. The lowest BCUT2D eigenvalue weighted by molar-refractivity contribution is 1.26. The lowest BCUT2D eigenvalue weighted by Crippen LogP contribution is -2.04. The Hall–Kier alpha value is -1.70. The van der Waals surface area contributed by atoms with Crippen molar-refractivity contribution in [1.82, 2.24) is 9.97 Å². The van der Waals surface area contributed by atoms with E-state index in [1.165, 1.54) is 0 Å². The fourth-order valence-electron chi connectivity index (χ4n) is 2.36. The molecule has 4 rings (SSSR count). The Labute approximate surface area is 167 Å². The van der Waals surface area contributed by atoms with Gasteiger partial charge in [-0.05, 0) is 63.8 Å². The third-order valence-electron chi connectivity index (χ3n) is 3.55. The van der Waals surface area contributed by atoms with Crippen LogP contribution in [0.3, 0.4) is 0 Å². The van der Waals surface area contributed by atoms with E-state index in [9.17, 15) is 9.59 Å². The van der Waals surface area contributed by atoms with E-state index in [1.54, 1.807) is 24.5 Å². The van der Waals surface area contributed by atoms with Crippen molar-refractivity contribution in [3.63, 3.8) is 0 Å². The highest BCUT2D eigenvalue weighted by Crippen LogP contribution is 2.23. The third-order valence-corrected chi connectivity index (χ3v) is 5.19. The van der Waals surface area contributed by atoms with Gasteiger partial charge in [-0.15, -0.1) is 0 Å². The second kappa shape index (κ2) is 7.68. The number of hydrogen-bond acceptors (Lipinski definition) is 2. The fraction of sp³-hybridized carbons (Fsp3) is 0. The fourth-order valence-corrected chi connectivity index (χ4v) is 3.54. The number of H-pyrrole nitrogens is 2. The number of hydrogen-bond donors (Lipinski definition) is 2. The minimum Gasteiger partial charge on any atom is -0.329 e. The molecular formula is C18H11Br3N2O2. The maximum Gasteiger partial charge on any atom is 0.255 e. The number of benzene rings is 2. The van der Waals surface area contributed by atoms with Crippen molar-refractivity contribution in [2.75, 3.05) is 0 Å². The molecule has 2 aromatic heterocycles. The molecule has 2 aromatic carbocycles. The molecule has 0 spiro atoms. The van der Waals surface area contributed by atoms with Gasteiger partial charge in [-0.1, -0.05) is 31.9 Å². The maximum absolute atomic E-state index is 11.4. The van der Waals surface area contributed by atoms with Gasteiger partial charge in [0.1, 0.15) is 0 Å². The highest BCUT2D eigenvalue weighted by Gasteiger charge is 2.02. The van der Waals surface area contributed by atoms with E-state index >= 15 is 0 Å². The molecule has 0 saturated carbocycles. The first kappa shape index (κ1) is 18.1. The summed E-state index contributed by atoms with van der Waals surface area (Å²) in [6.07, 6.45) is 3.30. The highest BCUT2D eigenvalue weighted by atomic mass is 79.9. The molecule has 0 bridgehead atoms. The molecular weight excluding hydrogens is 516 g/mol. The monoisotopic (exact) mass is 524 g/mol. The molecule has 0 radical (unpaired) electrons. The summed E-state index contributed by atoms with van der Waals surface area (Å²) >= 11 is 10.1. The number of aromatic amines is 2. The van der Waals surface area contributed by atoms with Gasteiger partial charge in [-0.2, -0.15) is 0 Å². The topological polar surface area (TPSA) is 65.7 Å². The second-order valence-electron chi connectivity index (χ2n) is 5.19. The zero-order chi connectivity index (χ0) is 18.0. The van der Waals surface area contributed by atoms with Crippen LogP contribution in [0.5, 0.6) is 0 Å². The van der Waals surface area contributed by atoms with Gasteiger partial charge in [0.25, 0.3) is 11.1 Å². The minimum absolute atomic E-state index is 0.0417. The molecule has 0 unspecified atom stereocenters. The molecule has 0 aliphatic rings. The Morgan fingerprint density at radius 3 is 2.08 bits per heavy atom. The van der Waals surface area contributed by atoms with Crippen LogP contribution in [-0.2, 0) is 0 Å². The van der Waals surface area contributed by atoms with Crippen molar-refractivity contribution in [2.45, 2.75) is 0 Å². The largest absolute Gasteiger partial charge is 0.329 e. The molecule has 7 heteroatoms. The number of pyridine rings is 2. The minimum atomic E-state index is -0.0642. The van der Waals surface area contributed by atoms with Crippen molar-refractivity contribution >= 4 is 69.3 Å². The number of nitrogens with one attached hydrogen (secondary N) is 2. The summed E-state index contributed by atoms with van der Waals surface area (Å²) < 4.78 is 2.84. The molecule has 0 saturated heterocycles. The van der Waals surface area contributed by atoms with E-state index < -0.39 is 0 Å². The van der Waals surface area contributed by atoms with Crippen LogP contribution in [0.25, 0.3) is 21.5 Å². The van der Waals surface area contributed by atoms with E-state index in [-0.39, 0.29) is 11.1 Å². The number of halogens is 3. The molecule has 4 aromatic rings. The lowest BCUT2D eigenvalue weighted by atomic mass is 10.2. The van der Waals surface area contributed by atoms with Gasteiger partial charge in [-0.25, -0.2) is 0 Å². The Bertz CT molecular complexity index is 1180. The van der Waals surface area contributed by atoms with Crippen molar-refractivity contribution < 1.29 is 0 Å². The van der Waals surface area contributed by atoms with E-state index in [1.807, 2.05) is 30.3 Å². The SMILES string of the molecule is O=c1[nH]cc(Br)c2cc(Br)ccc12.O=c1[nH]ccc2cc(Br)ccc12. The van der Waals surface area contributed by atoms with Crippen molar-refractivity contribution in [3.05, 3.63) is 89.0 Å². The summed E-state index contributed by atoms with van der Waals surface area (Å²) in [5.41, 5.74) is -0.106. The first-order valence-corrected chi connectivity index (χ1v) is 9.57. The average molecular weight is 527 g/mol. The number of rotatable bonds is 0. The molecule has 2 N–H and O–H groups in total. The predicted octanol–water partition coefficient (Wildman–Crippen LogP) is 5.34. The molecule has 2 heterocycles. The lowest BCUT2D eigenvalue weighted by Gasteiger charge is -1.99. The molecule has 126 valence electrons. The maximum atomic E-state index is 11.4. The van der Waals surface area contributed by atoms with Crippen LogP contribution in [0, 0.1) is 0 Å². The van der Waals surface area contributed by atoms with E-state index in [0.29, 0.717) is 5.39 Å². The Morgan fingerprint density at radius 1 is 0.680 bits per heavy atom. The van der Waals surface area contributed by atoms with Gasteiger partial charge in [-0.3, -0.25) is 9.59 Å². The molecule has 25 heavy (non-hydrogen) atoms. The Kier molecular flexibility index (Phi) is 5.56. The zero-order valence-corrected chi connectivity index (χ0v) is 17.4. The standard InChI is InChI=1S/C9H5Br2NO.C9H6BrNO/c10-5-1-2-6-7(3-5)8(11)4-12-9(6)13;10-7-1-2-8-6(5-7)3-4-11-9(8)12/h1-4H,(H,12,13);1-5H,(H,11,12). The molecule has 0 amide bonds. The van der Waals surface area contributed by atoms with E-state index in [0.717, 1.165) is 29.6 Å². The smallest absolute Gasteiger partial charge is 0.255 e. The van der Waals surface area contributed by atoms with E-state index in [4.69, 9.17) is 0 Å². The summed E-state index contributed by atoms with van der Waals surface area (Å²) in [5, 5.41) is 3.28. The summed E-state index contributed by atoms with van der Waals surface area (Å²) in [6.45, 7) is 0. The van der Waals surface area contributed by atoms with Crippen LogP contribution in [-0.4, -0.2) is 9.97 Å². The van der Waals surface area contributed by atoms with Crippen LogP contribution in [0.15, 0.2) is 77.9 Å². The summed E-state index contributed by atoms with van der Waals surface area (Å²) in [6, 6.07) is 13.0. The predicted molar refractivity (Wildman–Crippen MR) is 112 cm³/mol. The summed E-state index contributed by atoms with van der Waals surface area (Å²) in [7, 11) is 0. The van der Waals surface area contributed by atoms with Crippen LogP contribution in [0.2, 0.25) is 0 Å². The van der Waals surface area contributed by atoms with Crippen molar-refractivity contribution in [1.29, 1.82) is 0 Å². The van der Waals surface area contributed by atoms with Crippen molar-refractivity contribution in [3.8, 4) is 0 Å². The van der Waals surface area contributed by atoms with Crippen LogP contribution in [0.1, 0.15) is 0 Å². The van der Waals surface area contributed by atoms with Gasteiger partial charge in [0.15, 0.2) is 0 Å². The van der Waals surface area contributed by atoms with Crippen LogP contribution >= 0.6 is 47.8 Å². The molecule has 0 atom stereocenters. The van der Waals surface area contributed by atoms with Gasteiger partial charge in [0.2, 0.25) is 0 Å². The quantitative estimate of drug-likeness (QED) is 0.325. The van der Waals surface area contributed by atoms with Crippen LogP contribution < -0.4 is 11.1 Å². The number of fused-ring (bicyclic) bond motifs is 2. The molecule has 4 nitrogen and oxygen atoms in total. The van der Waals surface area contributed by atoms with Gasteiger partial charge >= 0.3 is 0 Å². The normalized spacial score (nSPS) is 10.5. The average Bonchev–Trinajstić information content (AvgIpc) is 2.59. The van der Waals surface area contributed by atoms with Gasteiger partial charge < -0.3 is 9.97 Å². The van der Waals surface area contributed by atoms with Gasteiger partial charge in [0, 0.05) is 42.0 Å². The second-order valence-corrected chi connectivity index (χ2v) is 7.88. The summed E-state index contributed by atoms with van der Waals surface area (Å²) in [5.74, 6) is 0. The highest BCUT2D eigenvalue weighted by molar-refractivity contribution is 9.11. The molecule has 0 aliphatic carbocycles. The first-order valence-electron chi connectivity index (χ1n) is 7.19. The Balaban J connectivity index is 0.000000146. The third kappa shape index (κ3) is 4.11. The van der Waals surface area contributed by atoms with Crippen molar-refractivity contribution in [2.24, 2.45) is 0 Å². The number of aromatic nitrogens is 2. The van der Waals surface area contributed by atoms with Crippen LogP contribution in [0.4, 0.5) is 0 Å². The zero-order valence-electron chi connectivity index (χ0n) is 12.6. The van der Waals surface area contributed by atoms with E-state index in [2.05, 4.69) is 57.8 Å². The Morgan fingerprint density at radius 2 is 1.32 bits per heavy atom. The van der Waals surface area contributed by atoms with Gasteiger partial charge in [0.05, 0.1) is 0 Å².